The van der Waals surface area contributed by atoms with Crippen molar-refractivity contribution in [2.45, 2.75) is 20.8 Å². The van der Waals surface area contributed by atoms with Crippen molar-refractivity contribution in [3.8, 4) is 11.5 Å². The van der Waals surface area contributed by atoms with Crippen LogP contribution in [0.1, 0.15) is 23.6 Å². The van der Waals surface area contributed by atoms with Gasteiger partial charge in [-0.05, 0) is 60.9 Å². The molecule has 0 aromatic heterocycles. The smallest absolute Gasteiger partial charge is 0.272 e. The largest absolute Gasteiger partial charge is 0.493 e. The predicted octanol–water partition coefficient (Wildman–Crippen LogP) is 3.44. The Morgan fingerprint density at radius 3 is 2.22 bits per heavy atom. The molecule has 0 aliphatic heterocycles. The summed E-state index contributed by atoms with van der Waals surface area (Å²) in [5.74, 6) is 0.360. The lowest BCUT2D eigenvalue weighted by Gasteiger charge is -2.12. The molecule has 2 N–H and O–H groups in total. The van der Waals surface area contributed by atoms with Gasteiger partial charge in [-0.15, -0.1) is 0 Å². The molecule has 0 fully saturated rings. The van der Waals surface area contributed by atoms with E-state index >= 15 is 0 Å². The van der Waals surface area contributed by atoms with Gasteiger partial charge in [0.25, 0.3) is 5.91 Å². The standard InChI is InChI=1S/C21H24N2O4/c1-13-6-8-17(10-14(13)2)23-21(25)18(22-15(3)24)11-16-7-9-19(26-4)20(12-16)27-5/h6-12H,1-5H3,(H,22,24)(H,23,25). The van der Waals surface area contributed by atoms with Crippen LogP contribution in [0.15, 0.2) is 42.1 Å². The first kappa shape index (κ1) is 20.0. The summed E-state index contributed by atoms with van der Waals surface area (Å²) in [4.78, 5) is 24.2. The monoisotopic (exact) mass is 368 g/mol. The minimum Gasteiger partial charge on any atom is -0.493 e. The van der Waals surface area contributed by atoms with Gasteiger partial charge in [0.1, 0.15) is 5.70 Å². The lowest BCUT2D eigenvalue weighted by atomic mass is 10.1. The van der Waals surface area contributed by atoms with Crippen LogP contribution in [0.3, 0.4) is 0 Å². The van der Waals surface area contributed by atoms with Crippen molar-refractivity contribution in [1.29, 1.82) is 0 Å². The molecule has 2 rings (SSSR count). The number of ether oxygens (including phenoxy) is 2. The Bertz CT molecular complexity index is 888. The first-order chi connectivity index (χ1) is 12.8. The third-order valence-corrected chi connectivity index (χ3v) is 4.04. The number of carbonyl (C=O) groups is 2. The molecule has 2 aromatic rings. The van der Waals surface area contributed by atoms with E-state index in [-0.39, 0.29) is 11.6 Å². The maximum absolute atomic E-state index is 12.7. The molecule has 0 heterocycles. The molecule has 142 valence electrons. The van der Waals surface area contributed by atoms with Gasteiger partial charge in [-0.1, -0.05) is 12.1 Å². The van der Waals surface area contributed by atoms with E-state index in [2.05, 4.69) is 10.6 Å². The Labute approximate surface area is 159 Å². The molecule has 0 unspecified atom stereocenters. The van der Waals surface area contributed by atoms with Crippen LogP contribution in [0.25, 0.3) is 6.08 Å². The maximum atomic E-state index is 12.7. The van der Waals surface area contributed by atoms with Gasteiger partial charge in [0.15, 0.2) is 11.5 Å². The first-order valence-corrected chi connectivity index (χ1v) is 8.44. The minimum absolute atomic E-state index is 0.132. The SMILES string of the molecule is COc1ccc(C=C(NC(C)=O)C(=O)Nc2ccc(C)c(C)c2)cc1OC. The number of nitrogens with one attached hydrogen (secondary N) is 2. The number of amides is 2. The van der Waals surface area contributed by atoms with E-state index in [9.17, 15) is 9.59 Å². The molecule has 27 heavy (non-hydrogen) atoms. The van der Waals surface area contributed by atoms with Gasteiger partial charge in [-0.3, -0.25) is 9.59 Å². The molecule has 0 atom stereocenters. The van der Waals surface area contributed by atoms with Crippen molar-refractivity contribution in [2.24, 2.45) is 0 Å². The van der Waals surface area contributed by atoms with Gasteiger partial charge in [0.2, 0.25) is 5.91 Å². The van der Waals surface area contributed by atoms with Gasteiger partial charge >= 0.3 is 0 Å². The van der Waals surface area contributed by atoms with Crippen LogP contribution in [0.4, 0.5) is 5.69 Å². The first-order valence-electron chi connectivity index (χ1n) is 8.44. The van der Waals surface area contributed by atoms with E-state index in [1.54, 1.807) is 31.4 Å². The summed E-state index contributed by atoms with van der Waals surface area (Å²) in [7, 11) is 3.08. The second-order valence-corrected chi connectivity index (χ2v) is 6.11. The summed E-state index contributed by atoms with van der Waals surface area (Å²) in [5, 5.41) is 5.39. The summed E-state index contributed by atoms with van der Waals surface area (Å²) in [6.45, 7) is 5.32. The number of benzene rings is 2. The number of hydrogen-bond donors (Lipinski definition) is 2. The fourth-order valence-electron chi connectivity index (χ4n) is 2.47. The van der Waals surface area contributed by atoms with Gasteiger partial charge in [0.05, 0.1) is 14.2 Å². The van der Waals surface area contributed by atoms with E-state index < -0.39 is 5.91 Å². The molecule has 6 heteroatoms. The highest BCUT2D eigenvalue weighted by Crippen LogP contribution is 2.28. The van der Waals surface area contributed by atoms with Crippen LogP contribution >= 0.6 is 0 Å². The summed E-state index contributed by atoms with van der Waals surface area (Å²) in [6.07, 6.45) is 1.58. The fourth-order valence-corrected chi connectivity index (χ4v) is 2.47. The highest BCUT2D eigenvalue weighted by Gasteiger charge is 2.13. The third-order valence-electron chi connectivity index (χ3n) is 4.04. The number of aryl methyl sites for hydroxylation is 2. The van der Waals surface area contributed by atoms with Crippen LogP contribution in [-0.2, 0) is 9.59 Å². The molecule has 0 saturated heterocycles. The number of anilines is 1. The molecule has 0 aliphatic carbocycles. The molecule has 2 amide bonds. The Morgan fingerprint density at radius 2 is 1.63 bits per heavy atom. The van der Waals surface area contributed by atoms with Crippen LogP contribution < -0.4 is 20.1 Å². The summed E-state index contributed by atoms with van der Waals surface area (Å²) >= 11 is 0. The molecule has 0 aliphatic rings. The molecular formula is C21H24N2O4. The zero-order chi connectivity index (χ0) is 20.0. The van der Waals surface area contributed by atoms with Crippen LogP contribution in [0, 0.1) is 13.8 Å². The predicted molar refractivity (Wildman–Crippen MR) is 106 cm³/mol. The van der Waals surface area contributed by atoms with E-state index in [4.69, 9.17) is 9.47 Å². The Kier molecular flexibility index (Phi) is 6.60. The van der Waals surface area contributed by atoms with Gasteiger partial charge in [-0.25, -0.2) is 0 Å². The van der Waals surface area contributed by atoms with E-state index in [0.29, 0.717) is 22.7 Å². The second-order valence-electron chi connectivity index (χ2n) is 6.11. The molecule has 2 aromatic carbocycles. The summed E-state index contributed by atoms with van der Waals surface area (Å²) < 4.78 is 10.5. The van der Waals surface area contributed by atoms with Gasteiger partial charge in [0, 0.05) is 12.6 Å². The van der Waals surface area contributed by atoms with Crippen molar-refractivity contribution >= 4 is 23.6 Å². The van der Waals surface area contributed by atoms with Crippen LogP contribution in [0.5, 0.6) is 11.5 Å². The summed E-state index contributed by atoms with van der Waals surface area (Å²) in [6, 6.07) is 10.9. The topological polar surface area (TPSA) is 76.7 Å². The average Bonchev–Trinajstić information content (AvgIpc) is 2.63. The molecule has 0 saturated carbocycles. The van der Waals surface area contributed by atoms with E-state index in [1.165, 1.54) is 14.0 Å². The molecule has 6 nitrogen and oxygen atoms in total. The fraction of sp³-hybridized carbons (Fsp3) is 0.238. The zero-order valence-electron chi connectivity index (χ0n) is 16.2. The van der Waals surface area contributed by atoms with Crippen LogP contribution in [-0.4, -0.2) is 26.0 Å². The van der Waals surface area contributed by atoms with Gasteiger partial charge in [-0.2, -0.15) is 0 Å². The second kappa shape index (κ2) is 8.89. The molecule has 0 bridgehead atoms. The highest BCUT2D eigenvalue weighted by molar-refractivity contribution is 6.08. The van der Waals surface area contributed by atoms with Crippen molar-refractivity contribution in [3.05, 3.63) is 58.8 Å². The van der Waals surface area contributed by atoms with Crippen molar-refractivity contribution < 1.29 is 19.1 Å². The lowest BCUT2D eigenvalue weighted by molar-refractivity contribution is -0.120. The van der Waals surface area contributed by atoms with Crippen molar-refractivity contribution in [3.63, 3.8) is 0 Å². The van der Waals surface area contributed by atoms with E-state index in [0.717, 1.165) is 11.1 Å². The molecule has 0 spiro atoms. The Morgan fingerprint density at radius 1 is 0.926 bits per heavy atom. The summed E-state index contributed by atoms with van der Waals surface area (Å²) in [5.41, 5.74) is 3.68. The Hall–Kier alpha value is -3.28. The number of carbonyl (C=O) groups excluding carboxylic acids is 2. The normalized spacial score (nSPS) is 10.9. The van der Waals surface area contributed by atoms with Crippen molar-refractivity contribution in [2.75, 3.05) is 19.5 Å². The minimum atomic E-state index is -0.414. The van der Waals surface area contributed by atoms with Gasteiger partial charge < -0.3 is 20.1 Å². The molecule has 0 radical (unpaired) electrons. The van der Waals surface area contributed by atoms with Crippen molar-refractivity contribution in [1.82, 2.24) is 5.32 Å². The number of methoxy groups -OCH3 is 2. The maximum Gasteiger partial charge on any atom is 0.272 e. The number of rotatable bonds is 6. The quantitative estimate of drug-likeness (QED) is 0.766. The third kappa shape index (κ3) is 5.34. The highest BCUT2D eigenvalue weighted by atomic mass is 16.5. The number of hydrogen-bond acceptors (Lipinski definition) is 4. The Balaban J connectivity index is 2.33. The zero-order valence-corrected chi connectivity index (χ0v) is 16.2. The lowest BCUT2D eigenvalue weighted by Crippen LogP contribution is -2.29. The average molecular weight is 368 g/mol. The van der Waals surface area contributed by atoms with E-state index in [1.807, 2.05) is 32.0 Å². The molecular weight excluding hydrogens is 344 g/mol. The van der Waals surface area contributed by atoms with Crippen LogP contribution in [0.2, 0.25) is 0 Å².